The number of hydrogen-bond acceptors (Lipinski definition) is 4. The molecule has 5 nitrogen and oxygen atoms in total. The van der Waals surface area contributed by atoms with Gasteiger partial charge in [0.2, 0.25) is 0 Å². The summed E-state index contributed by atoms with van der Waals surface area (Å²) in [5.74, 6) is 0.995. The highest BCUT2D eigenvalue weighted by atomic mass is 35.5. The number of nitrogens with one attached hydrogen (secondary N) is 1. The third-order valence-corrected chi connectivity index (χ3v) is 4.64. The van der Waals surface area contributed by atoms with Gasteiger partial charge in [-0.3, -0.25) is 0 Å². The molecular weight excluding hydrogens is 355 g/mol. The van der Waals surface area contributed by atoms with E-state index < -0.39 is 0 Å². The fourth-order valence-electron chi connectivity index (χ4n) is 2.54. The maximum absolute atomic E-state index is 6.16. The molecule has 0 spiro atoms. The first-order valence-corrected chi connectivity index (χ1v) is 8.23. The number of H-pyrrole nitrogens is 1. The monoisotopic (exact) mass is 368 g/mol. The van der Waals surface area contributed by atoms with Gasteiger partial charge < -0.3 is 14.1 Å². The summed E-state index contributed by atoms with van der Waals surface area (Å²) in [6.45, 7) is 3.85. The molecule has 8 heteroatoms. The van der Waals surface area contributed by atoms with Crippen molar-refractivity contribution in [2.75, 3.05) is 0 Å². The molecule has 0 aliphatic carbocycles. The summed E-state index contributed by atoms with van der Waals surface area (Å²) < 4.78 is 7.82. The van der Waals surface area contributed by atoms with E-state index in [0.29, 0.717) is 26.5 Å². The van der Waals surface area contributed by atoms with Crippen LogP contribution in [0.1, 0.15) is 30.8 Å². The van der Waals surface area contributed by atoms with Crippen molar-refractivity contribution in [3.63, 3.8) is 0 Å². The van der Waals surface area contributed by atoms with Crippen LogP contribution in [0.15, 0.2) is 28.9 Å². The number of halogens is 2. The molecule has 0 aliphatic rings. The first-order valence-electron chi connectivity index (χ1n) is 7.06. The summed E-state index contributed by atoms with van der Waals surface area (Å²) >= 11 is 17.6. The van der Waals surface area contributed by atoms with E-state index in [-0.39, 0.29) is 6.04 Å². The zero-order chi connectivity index (χ0) is 16.6. The Bertz CT molecular complexity index is 899. The number of hydrogen-bond donors (Lipinski definition) is 1. The molecule has 0 radical (unpaired) electrons. The van der Waals surface area contributed by atoms with Gasteiger partial charge in [0.05, 0.1) is 16.1 Å². The predicted octanol–water partition coefficient (Wildman–Crippen LogP) is 5.21. The van der Waals surface area contributed by atoms with E-state index >= 15 is 0 Å². The van der Waals surface area contributed by atoms with Crippen molar-refractivity contribution < 1.29 is 4.52 Å². The van der Waals surface area contributed by atoms with Gasteiger partial charge in [-0.25, -0.2) is 0 Å². The van der Waals surface area contributed by atoms with Crippen LogP contribution in [-0.2, 0) is 0 Å². The molecule has 0 fully saturated rings. The highest BCUT2D eigenvalue weighted by Gasteiger charge is 2.21. The number of aryl methyl sites for hydroxylation is 1. The van der Waals surface area contributed by atoms with Crippen LogP contribution in [0.5, 0.6) is 0 Å². The van der Waals surface area contributed by atoms with Crippen LogP contribution in [0.25, 0.3) is 11.6 Å². The minimum absolute atomic E-state index is 0.0225. The van der Waals surface area contributed by atoms with Gasteiger partial charge in [0.15, 0.2) is 10.6 Å². The minimum Gasteiger partial charge on any atom is -0.337 e. The van der Waals surface area contributed by atoms with Gasteiger partial charge in [0.1, 0.15) is 5.69 Å². The van der Waals surface area contributed by atoms with Gasteiger partial charge in [0, 0.05) is 6.20 Å². The molecule has 2 heterocycles. The lowest BCUT2D eigenvalue weighted by Gasteiger charge is -2.19. The second kappa shape index (κ2) is 6.47. The van der Waals surface area contributed by atoms with E-state index in [0.717, 1.165) is 17.7 Å². The topological polar surface area (TPSA) is 59.6 Å². The van der Waals surface area contributed by atoms with E-state index in [1.165, 1.54) is 0 Å². The number of aromatic nitrogens is 4. The van der Waals surface area contributed by atoms with E-state index in [2.05, 4.69) is 22.0 Å². The Morgan fingerprint density at radius 2 is 2.13 bits per heavy atom. The molecular formula is C15H14Cl2N4OS. The maximum atomic E-state index is 6.16. The van der Waals surface area contributed by atoms with Crippen LogP contribution < -0.4 is 0 Å². The van der Waals surface area contributed by atoms with Gasteiger partial charge in [-0.2, -0.15) is 4.98 Å². The second-order valence-electron chi connectivity index (χ2n) is 5.09. The number of imidazole rings is 1. The molecule has 0 bridgehead atoms. The van der Waals surface area contributed by atoms with Crippen molar-refractivity contribution in [2.24, 2.45) is 0 Å². The summed E-state index contributed by atoms with van der Waals surface area (Å²) in [4.78, 5) is 7.33. The van der Waals surface area contributed by atoms with Crippen molar-refractivity contribution in [1.29, 1.82) is 0 Å². The van der Waals surface area contributed by atoms with Gasteiger partial charge in [0.25, 0.3) is 5.89 Å². The molecule has 2 aromatic heterocycles. The van der Waals surface area contributed by atoms with Crippen molar-refractivity contribution in [2.45, 2.75) is 26.3 Å². The molecule has 3 rings (SSSR count). The summed E-state index contributed by atoms with van der Waals surface area (Å²) in [5.41, 5.74) is 1.75. The average molecular weight is 369 g/mol. The Hall–Kier alpha value is -1.63. The summed E-state index contributed by atoms with van der Waals surface area (Å²) in [6, 6.07) is 5.57. The van der Waals surface area contributed by atoms with Crippen LogP contribution in [0.3, 0.4) is 0 Å². The average Bonchev–Trinajstić information content (AvgIpc) is 3.10. The van der Waals surface area contributed by atoms with E-state index in [1.54, 1.807) is 19.2 Å². The molecule has 0 aliphatic heterocycles. The maximum Gasteiger partial charge on any atom is 0.276 e. The van der Waals surface area contributed by atoms with E-state index in [1.807, 2.05) is 16.7 Å². The molecule has 1 unspecified atom stereocenters. The number of rotatable bonds is 4. The van der Waals surface area contributed by atoms with Gasteiger partial charge in [-0.1, -0.05) is 41.3 Å². The Kier molecular flexibility index (Phi) is 4.57. The zero-order valence-corrected chi connectivity index (χ0v) is 14.8. The van der Waals surface area contributed by atoms with Crippen LogP contribution in [-0.4, -0.2) is 19.7 Å². The van der Waals surface area contributed by atoms with Crippen LogP contribution in [0, 0.1) is 11.7 Å². The van der Waals surface area contributed by atoms with E-state index in [9.17, 15) is 0 Å². The lowest BCUT2D eigenvalue weighted by Crippen LogP contribution is -2.11. The molecule has 0 saturated carbocycles. The van der Waals surface area contributed by atoms with Crippen molar-refractivity contribution in [3.05, 3.63) is 50.6 Å². The minimum atomic E-state index is -0.0225. The predicted molar refractivity (Wildman–Crippen MR) is 92.5 cm³/mol. The molecule has 1 atom stereocenters. The summed E-state index contributed by atoms with van der Waals surface area (Å²) in [6.07, 6.45) is 2.58. The quantitative estimate of drug-likeness (QED) is 0.642. The lowest BCUT2D eigenvalue weighted by molar-refractivity contribution is 0.419. The largest absolute Gasteiger partial charge is 0.337 e. The lowest BCUT2D eigenvalue weighted by atomic mass is 10.0. The number of aromatic amines is 1. The van der Waals surface area contributed by atoms with Crippen LogP contribution in [0.4, 0.5) is 0 Å². The first-order chi connectivity index (χ1) is 11.0. The summed E-state index contributed by atoms with van der Waals surface area (Å²) in [7, 11) is 0. The van der Waals surface area contributed by atoms with Crippen LogP contribution in [0.2, 0.25) is 10.0 Å². The molecule has 23 heavy (non-hydrogen) atoms. The third kappa shape index (κ3) is 3.06. The highest BCUT2D eigenvalue weighted by Crippen LogP contribution is 2.32. The fraction of sp³-hybridized carbons (Fsp3) is 0.267. The third-order valence-electron chi connectivity index (χ3n) is 3.58. The number of nitrogens with zero attached hydrogens (tertiary/aromatic N) is 3. The Labute approximate surface area is 148 Å². The molecule has 120 valence electrons. The smallest absolute Gasteiger partial charge is 0.276 e. The highest BCUT2D eigenvalue weighted by molar-refractivity contribution is 7.71. The van der Waals surface area contributed by atoms with E-state index in [4.69, 9.17) is 39.9 Å². The molecule has 0 amide bonds. The van der Waals surface area contributed by atoms with Crippen LogP contribution >= 0.6 is 35.4 Å². The van der Waals surface area contributed by atoms with Gasteiger partial charge in [-0.15, -0.1) is 0 Å². The molecule has 1 N–H and O–H groups in total. The van der Waals surface area contributed by atoms with Gasteiger partial charge in [-0.05, 0) is 43.3 Å². The Balaban J connectivity index is 2.13. The molecule has 3 aromatic rings. The first kappa shape index (κ1) is 16.2. The summed E-state index contributed by atoms with van der Waals surface area (Å²) in [5, 5.41) is 4.88. The molecule has 1 aromatic carbocycles. The second-order valence-corrected chi connectivity index (χ2v) is 6.29. The van der Waals surface area contributed by atoms with Gasteiger partial charge >= 0.3 is 0 Å². The van der Waals surface area contributed by atoms with Crippen molar-refractivity contribution in [1.82, 2.24) is 19.7 Å². The SMILES string of the molecule is CCC(c1ccc(Cl)c(Cl)c1)n1c(-c2nc(C)no2)c[nH]c1=S. The number of benzene rings is 1. The fourth-order valence-corrected chi connectivity index (χ4v) is 3.13. The molecule has 0 saturated heterocycles. The normalized spacial score (nSPS) is 12.5. The Morgan fingerprint density at radius 3 is 2.74 bits per heavy atom. The standard InChI is InChI=1S/C15H14Cl2N4OS/c1-3-12(9-4-5-10(16)11(17)6-9)21-13(7-18-15(21)23)14-19-8(2)20-22-14/h4-7,12H,3H2,1-2H3,(H,18,23). The van der Waals surface area contributed by atoms with Crippen molar-refractivity contribution in [3.8, 4) is 11.6 Å². The zero-order valence-electron chi connectivity index (χ0n) is 12.5. The Morgan fingerprint density at radius 1 is 1.35 bits per heavy atom. The van der Waals surface area contributed by atoms with Crippen molar-refractivity contribution >= 4 is 35.4 Å².